The Hall–Kier alpha value is -1.45. The topological polar surface area (TPSA) is 77.5 Å². The third-order valence-corrected chi connectivity index (χ3v) is 10.5. The number of aliphatic hydroxyl groups is 1. The highest BCUT2D eigenvalue weighted by Gasteiger charge is 2.40. The number of nitrogens with zero attached hydrogens (tertiary/aromatic N) is 1. The predicted octanol–water partition coefficient (Wildman–Crippen LogP) is 4.15. The van der Waals surface area contributed by atoms with E-state index in [1.165, 1.54) is 12.2 Å². The minimum Gasteiger partial charge on any atom is -0.497 e. The van der Waals surface area contributed by atoms with Crippen LogP contribution in [0.5, 0.6) is 5.75 Å². The lowest BCUT2D eigenvalue weighted by atomic mass is 10.0. The van der Waals surface area contributed by atoms with E-state index in [0.29, 0.717) is 13.0 Å². The molecular formula is C23H41NO6Si. The number of hydrogen-bond donors (Lipinski definition) is 1. The normalized spacial score (nSPS) is 15.3. The van der Waals surface area contributed by atoms with E-state index in [1.807, 2.05) is 31.2 Å². The highest BCUT2D eigenvalue weighted by atomic mass is 28.4. The van der Waals surface area contributed by atoms with Crippen molar-refractivity contribution in [1.82, 2.24) is 5.06 Å². The molecular weight excluding hydrogens is 414 g/mol. The van der Waals surface area contributed by atoms with Gasteiger partial charge in [-0.05, 0) is 42.8 Å². The minimum atomic E-state index is -2.14. The Morgan fingerprint density at radius 1 is 1.16 bits per heavy atom. The number of aliphatic hydroxyl groups excluding tert-OH is 1. The van der Waals surface area contributed by atoms with E-state index in [-0.39, 0.29) is 17.4 Å². The number of hydroxylamine groups is 2. The Morgan fingerprint density at radius 3 is 2.23 bits per heavy atom. The molecule has 0 radical (unpaired) electrons. The summed E-state index contributed by atoms with van der Waals surface area (Å²) in [5.74, 6) is 0.596. The largest absolute Gasteiger partial charge is 0.497 e. The van der Waals surface area contributed by atoms with Crippen molar-refractivity contribution in [1.29, 1.82) is 0 Å². The van der Waals surface area contributed by atoms with Crippen molar-refractivity contribution in [3.63, 3.8) is 0 Å². The number of ether oxygens (including phenoxy) is 2. The van der Waals surface area contributed by atoms with Crippen molar-refractivity contribution in [3.05, 3.63) is 29.8 Å². The summed E-state index contributed by atoms with van der Waals surface area (Å²) < 4.78 is 17.5. The molecule has 0 saturated heterocycles. The van der Waals surface area contributed by atoms with Crippen molar-refractivity contribution >= 4 is 14.2 Å². The number of rotatable bonds is 12. The Bertz CT molecular complexity index is 674. The van der Waals surface area contributed by atoms with Crippen molar-refractivity contribution in [2.45, 2.75) is 83.6 Å². The van der Waals surface area contributed by atoms with Crippen molar-refractivity contribution < 1.29 is 28.6 Å². The van der Waals surface area contributed by atoms with E-state index in [9.17, 15) is 9.90 Å². The second-order valence-corrected chi connectivity index (χ2v) is 14.2. The molecule has 31 heavy (non-hydrogen) atoms. The fourth-order valence-corrected chi connectivity index (χ4v) is 4.08. The molecule has 1 aromatic rings. The molecule has 0 aromatic heterocycles. The quantitative estimate of drug-likeness (QED) is 0.377. The van der Waals surface area contributed by atoms with E-state index in [4.69, 9.17) is 18.7 Å². The van der Waals surface area contributed by atoms with Gasteiger partial charge in [-0.3, -0.25) is 9.63 Å². The summed E-state index contributed by atoms with van der Waals surface area (Å²) in [7, 11) is 2.51. The average Bonchev–Trinajstić information content (AvgIpc) is 2.70. The first-order chi connectivity index (χ1) is 14.3. The first-order valence-electron chi connectivity index (χ1n) is 10.7. The van der Waals surface area contributed by atoms with Gasteiger partial charge in [0.2, 0.25) is 5.91 Å². The molecule has 0 aliphatic heterocycles. The van der Waals surface area contributed by atoms with E-state index < -0.39 is 26.6 Å². The summed E-state index contributed by atoms with van der Waals surface area (Å²) in [6, 6.07) is 7.61. The van der Waals surface area contributed by atoms with Gasteiger partial charge in [-0.1, -0.05) is 32.9 Å². The molecule has 1 aromatic carbocycles. The van der Waals surface area contributed by atoms with Gasteiger partial charge in [0.25, 0.3) is 0 Å². The molecule has 0 unspecified atom stereocenters. The maximum Gasteiger partial charge on any atom is 0.248 e. The molecule has 0 saturated carbocycles. The van der Waals surface area contributed by atoms with Gasteiger partial charge >= 0.3 is 0 Å². The van der Waals surface area contributed by atoms with Gasteiger partial charge in [-0.2, -0.15) is 0 Å². The third kappa shape index (κ3) is 8.90. The molecule has 0 spiro atoms. The van der Waals surface area contributed by atoms with E-state index in [1.54, 1.807) is 14.2 Å². The van der Waals surface area contributed by atoms with Gasteiger partial charge in [0, 0.05) is 13.5 Å². The van der Waals surface area contributed by atoms with Crippen molar-refractivity contribution in [2.75, 3.05) is 21.3 Å². The lowest BCUT2D eigenvalue weighted by Gasteiger charge is -2.40. The smallest absolute Gasteiger partial charge is 0.248 e. The predicted molar refractivity (Wildman–Crippen MR) is 124 cm³/mol. The van der Waals surface area contributed by atoms with Crippen molar-refractivity contribution in [2.24, 2.45) is 0 Å². The number of amides is 1. The SMILES string of the molecule is COc1ccc(CO[C@H](C)[C@H](O)C[C@H](CC(=O)N(C)OC)O[Si](C)(C)C(C)(C)C)cc1. The highest BCUT2D eigenvalue weighted by Crippen LogP contribution is 2.38. The highest BCUT2D eigenvalue weighted by molar-refractivity contribution is 6.74. The Labute approximate surface area is 188 Å². The maximum absolute atomic E-state index is 12.4. The van der Waals surface area contributed by atoms with Crippen molar-refractivity contribution in [3.8, 4) is 5.75 Å². The van der Waals surface area contributed by atoms with Gasteiger partial charge in [-0.15, -0.1) is 0 Å². The van der Waals surface area contributed by atoms with Crippen LogP contribution in [0.25, 0.3) is 0 Å². The molecule has 1 rings (SSSR count). The summed E-state index contributed by atoms with van der Waals surface area (Å²) in [6.07, 6.45) is -1.16. The molecule has 8 heteroatoms. The van der Waals surface area contributed by atoms with Crippen LogP contribution in [0, 0.1) is 0 Å². The number of methoxy groups -OCH3 is 1. The zero-order valence-corrected chi connectivity index (χ0v) is 21.6. The number of carbonyl (C=O) groups is 1. The molecule has 0 fully saturated rings. The van der Waals surface area contributed by atoms with E-state index >= 15 is 0 Å². The minimum absolute atomic E-state index is 0.0110. The lowest BCUT2D eigenvalue weighted by Crippen LogP contribution is -2.46. The Morgan fingerprint density at radius 2 is 1.74 bits per heavy atom. The molecule has 0 aliphatic rings. The third-order valence-electron chi connectivity index (χ3n) is 6.01. The van der Waals surface area contributed by atoms with Crippen LogP contribution in [0.15, 0.2) is 24.3 Å². The zero-order chi connectivity index (χ0) is 23.8. The van der Waals surface area contributed by atoms with Crippen LogP contribution < -0.4 is 4.74 Å². The van der Waals surface area contributed by atoms with Gasteiger partial charge in [0.05, 0.1) is 45.6 Å². The van der Waals surface area contributed by atoms with Gasteiger partial charge < -0.3 is 19.0 Å². The van der Waals surface area contributed by atoms with Crippen LogP contribution in [0.2, 0.25) is 18.1 Å². The fraction of sp³-hybridized carbons (Fsp3) is 0.696. The Balaban J connectivity index is 2.78. The molecule has 0 heterocycles. The first-order valence-corrected chi connectivity index (χ1v) is 13.6. The average molecular weight is 456 g/mol. The van der Waals surface area contributed by atoms with Crippen LogP contribution >= 0.6 is 0 Å². The van der Waals surface area contributed by atoms with Gasteiger partial charge in [-0.25, -0.2) is 5.06 Å². The van der Waals surface area contributed by atoms with Gasteiger partial charge in [0.15, 0.2) is 8.32 Å². The molecule has 1 amide bonds. The summed E-state index contributed by atoms with van der Waals surface area (Å²) >= 11 is 0. The summed E-state index contributed by atoms with van der Waals surface area (Å²) in [4.78, 5) is 17.5. The van der Waals surface area contributed by atoms with E-state index in [0.717, 1.165) is 11.3 Å². The first kappa shape index (κ1) is 27.6. The van der Waals surface area contributed by atoms with Crippen LogP contribution in [0.3, 0.4) is 0 Å². The molecule has 0 bridgehead atoms. The number of benzene rings is 1. The standard InChI is InChI=1S/C23H41NO6Si/c1-17(29-16-18-10-12-19(27-6)13-11-18)21(25)14-20(15-22(26)24(5)28-7)30-31(8,9)23(2,3)4/h10-13,17,20-21,25H,14-16H2,1-9H3/t17-,20-,21-/m1/s1. The summed E-state index contributed by atoms with van der Waals surface area (Å²) in [5, 5.41) is 12.0. The molecule has 1 N–H and O–H groups in total. The second-order valence-electron chi connectivity index (χ2n) is 9.45. The van der Waals surface area contributed by atoms with Crippen LogP contribution in [0.4, 0.5) is 0 Å². The van der Waals surface area contributed by atoms with Crippen LogP contribution in [-0.4, -0.2) is 64.0 Å². The maximum atomic E-state index is 12.4. The fourth-order valence-electron chi connectivity index (χ4n) is 2.71. The Kier molecular flexibility index (Phi) is 10.6. The summed E-state index contributed by atoms with van der Waals surface area (Å²) in [6.45, 7) is 12.9. The zero-order valence-electron chi connectivity index (χ0n) is 20.6. The lowest BCUT2D eigenvalue weighted by molar-refractivity contribution is -0.171. The molecule has 7 nitrogen and oxygen atoms in total. The monoisotopic (exact) mass is 455 g/mol. The van der Waals surface area contributed by atoms with Crippen LogP contribution in [0.1, 0.15) is 46.1 Å². The van der Waals surface area contributed by atoms with Gasteiger partial charge in [0.1, 0.15) is 5.75 Å². The molecule has 3 atom stereocenters. The number of hydrogen-bond acceptors (Lipinski definition) is 6. The second kappa shape index (κ2) is 12.0. The van der Waals surface area contributed by atoms with Crippen LogP contribution in [-0.2, 0) is 25.4 Å². The molecule has 0 aliphatic carbocycles. The summed E-state index contributed by atoms with van der Waals surface area (Å²) in [5.41, 5.74) is 0.992. The number of carbonyl (C=O) groups excluding carboxylic acids is 1. The molecule has 178 valence electrons. The van der Waals surface area contributed by atoms with E-state index in [2.05, 4.69) is 33.9 Å².